The topological polar surface area (TPSA) is 77.5 Å². The predicted octanol–water partition coefficient (Wildman–Crippen LogP) is 5.93. The Hall–Kier alpha value is -5.43. The molecular formula is C31H18N6O. The molecule has 0 amide bonds. The molecule has 0 fully saturated rings. The highest BCUT2D eigenvalue weighted by molar-refractivity contribution is 6.00. The molecule has 0 saturated heterocycles. The number of imidazole rings is 1. The minimum atomic E-state index is -0.193. The first-order chi connectivity index (χ1) is 18.8. The Morgan fingerprint density at radius 2 is 1.11 bits per heavy atom. The van der Waals surface area contributed by atoms with Gasteiger partial charge in [0.15, 0.2) is 22.8 Å². The van der Waals surface area contributed by atoms with E-state index in [1.54, 1.807) is 10.5 Å². The summed E-state index contributed by atoms with van der Waals surface area (Å²) in [6.07, 6.45) is 0. The summed E-state index contributed by atoms with van der Waals surface area (Å²) in [5.41, 5.74) is 6.81. The fraction of sp³-hybridized carbons (Fsp3) is 0. The van der Waals surface area contributed by atoms with Crippen molar-refractivity contribution in [2.24, 2.45) is 0 Å². The van der Waals surface area contributed by atoms with Crippen molar-refractivity contribution in [3.05, 3.63) is 120 Å². The molecule has 7 heteroatoms. The fourth-order valence-corrected chi connectivity index (χ4v) is 5.20. The maximum absolute atomic E-state index is 14.1. The molecule has 178 valence electrons. The van der Waals surface area contributed by atoms with Gasteiger partial charge in [-0.15, -0.1) is 0 Å². The number of fused-ring (bicyclic) bond motifs is 9. The molecule has 0 saturated carbocycles. The van der Waals surface area contributed by atoms with E-state index in [-0.39, 0.29) is 5.56 Å². The number of rotatable bonds is 2. The lowest BCUT2D eigenvalue weighted by Crippen LogP contribution is -2.19. The summed E-state index contributed by atoms with van der Waals surface area (Å²) in [7, 11) is 0. The van der Waals surface area contributed by atoms with Crippen LogP contribution in [0, 0.1) is 0 Å². The summed E-state index contributed by atoms with van der Waals surface area (Å²) in [6, 6.07) is 35.1. The van der Waals surface area contributed by atoms with Gasteiger partial charge in [-0.25, -0.2) is 24.3 Å². The van der Waals surface area contributed by atoms with Gasteiger partial charge < -0.3 is 0 Å². The highest BCUT2D eigenvalue weighted by Gasteiger charge is 2.23. The van der Waals surface area contributed by atoms with Crippen molar-refractivity contribution >= 4 is 44.4 Å². The Bertz CT molecular complexity index is 2250. The van der Waals surface area contributed by atoms with Gasteiger partial charge in [0.25, 0.3) is 5.56 Å². The average molecular weight is 491 g/mol. The van der Waals surface area contributed by atoms with E-state index in [0.29, 0.717) is 44.9 Å². The zero-order valence-electron chi connectivity index (χ0n) is 20.0. The van der Waals surface area contributed by atoms with Crippen LogP contribution in [0.4, 0.5) is 0 Å². The molecule has 0 N–H and O–H groups in total. The van der Waals surface area contributed by atoms with Crippen LogP contribution < -0.4 is 5.56 Å². The zero-order valence-corrected chi connectivity index (χ0v) is 20.0. The van der Waals surface area contributed by atoms with Crippen LogP contribution in [0.1, 0.15) is 0 Å². The van der Waals surface area contributed by atoms with Crippen molar-refractivity contribution in [3.63, 3.8) is 0 Å². The molecule has 0 aliphatic heterocycles. The molecule has 38 heavy (non-hydrogen) atoms. The first-order valence-electron chi connectivity index (χ1n) is 12.3. The van der Waals surface area contributed by atoms with Crippen molar-refractivity contribution < 1.29 is 0 Å². The SMILES string of the molecule is O=c1c2ccccc2nc2c3nc4ccccc4n3c3c(-c4ccccc4)nc(-c4ccccc4)nc3n12. The van der Waals surface area contributed by atoms with E-state index in [1.165, 1.54) is 0 Å². The number of para-hydroxylation sites is 3. The molecule has 0 unspecified atom stereocenters. The number of benzene rings is 4. The predicted molar refractivity (Wildman–Crippen MR) is 149 cm³/mol. The standard InChI is InChI=1S/C31H18N6O/c38-31-21-15-7-8-16-22(21)32-30-29-33-23-17-9-10-18-24(23)36(29)26-25(19-11-3-1-4-12-19)34-27(35-28(26)37(30)31)20-13-5-2-6-14-20/h1-18H. The van der Waals surface area contributed by atoms with E-state index in [9.17, 15) is 4.79 Å². The molecule has 4 aromatic heterocycles. The van der Waals surface area contributed by atoms with Gasteiger partial charge in [0, 0.05) is 11.1 Å². The molecule has 7 nitrogen and oxygen atoms in total. The van der Waals surface area contributed by atoms with Crippen molar-refractivity contribution in [1.82, 2.24) is 28.7 Å². The van der Waals surface area contributed by atoms with Crippen molar-refractivity contribution in [2.75, 3.05) is 0 Å². The van der Waals surface area contributed by atoms with Gasteiger partial charge in [0.2, 0.25) is 0 Å². The van der Waals surface area contributed by atoms with Crippen LogP contribution in [0.3, 0.4) is 0 Å². The van der Waals surface area contributed by atoms with Gasteiger partial charge in [-0.2, -0.15) is 0 Å². The van der Waals surface area contributed by atoms with E-state index in [0.717, 1.165) is 22.2 Å². The normalized spacial score (nSPS) is 11.8. The van der Waals surface area contributed by atoms with Gasteiger partial charge >= 0.3 is 0 Å². The molecule has 0 aliphatic carbocycles. The number of aromatic nitrogens is 6. The summed E-state index contributed by atoms with van der Waals surface area (Å²) in [6.45, 7) is 0. The van der Waals surface area contributed by atoms with Crippen LogP contribution >= 0.6 is 0 Å². The number of hydrogen-bond acceptors (Lipinski definition) is 5. The highest BCUT2D eigenvalue weighted by Crippen LogP contribution is 2.33. The second kappa shape index (κ2) is 7.78. The third-order valence-corrected chi connectivity index (χ3v) is 6.92. The number of hydrogen-bond donors (Lipinski definition) is 0. The Balaban J connectivity index is 1.71. The van der Waals surface area contributed by atoms with Crippen molar-refractivity contribution in [1.29, 1.82) is 0 Å². The first-order valence-corrected chi connectivity index (χ1v) is 12.3. The van der Waals surface area contributed by atoms with Gasteiger partial charge in [-0.05, 0) is 24.3 Å². The largest absolute Gasteiger partial charge is 0.284 e. The molecule has 0 spiro atoms. The van der Waals surface area contributed by atoms with E-state index in [1.807, 2.05) is 108 Å². The molecular weight excluding hydrogens is 472 g/mol. The Morgan fingerprint density at radius 3 is 1.89 bits per heavy atom. The molecule has 4 aromatic carbocycles. The maximum atomic E-state index is 14.1. The summed E-state index contributed by atoms with van der Waals surface area (Å²) in [4.78, 5) is 34.1. The molecule has 8 rings (SSSR count). The summed E-state index contributed by atoms with van der Waals surface area (Å²) in [5, 5.41) is 0.521. The van der Waals surface area contributed by atoms with E-state index >= 15 is 0 Å². The lowest BCUT2D eigenvalue weighted by atomic mass is 10.1. The smallest absolute Gasteiger partial charge is 0.267 e. The van der Waals surface area contributed by atoms with Crippen LogP contribution in [0.25, 0.3) is 67.0 Å². The van der Waals surface area contributed by atoms with Crippen molar-refractivity contribution in [2.45, 2.75) is 0 Å². The average Bonchev–Trinajstić information content (AvgIpc) is 3.37. The molecule has 0 aliphatic rings. The van der Waals surface area contributed by atoms with Gasteiger partial charge in [-0.3, -0.25) is 9.20 Å². The van der Waals surface area contributed by atoms with E-state index in [2.05, 4.69) is 0 Å². The highest BCUT2D eigenvalue weighted by atomic mass is 16.1. The third-order valence-electron chi connectivity index (χ3n) is 6.92. The van der Waals surface area contributed by atoms with Crippen molar-refractivity contribution in [3.8, 4) is 22.6 Å². The lowest BCUT2D eigenvalue weighted by Gasteiger charge is -2.15. The summed E-state index contributed by atoms with van der Waals surface area (Å²) >= 11 is 0. The third kappa shape index (κ3) is 2.87. The van der Waals surface area contributed by atoms with Crippen LogP contribution in [0.15, 0.2) is 114 Å². The van der Waals surface area contributed by atoms with Crippen LogP contribution in [0.2, 0.25) is 0 Å². The van der Waals surface area contributed by atoms with Crippen LogP contribution in [-0.4, -0.2) is 28.7 Å². The summed E-state index contributed by atoms with van der Waals surface area (Å²) in [5.74, 6) is 0.530. The van der Waals surface area contributed by atoms with Gasteiger partial charge in [-0.1, -0.05) is 84.9 Å². The zero-order chi connectivity index (χ0) is 25.2. The molecule has 0 radical (unpaired) electrons. The first kappa shape index (κ1) is 20.7. The second-order valence-corrected chi connectivity index (χ2v) is 9.15. The quantitative estimate of drug-likeness (QED) is 0.222. The Morgan fingerprint density at radius 1 is 0.500 bits per heavy atom. The van der Waals surface area contributed by atoms with Gasteiger partial charge in [0.1, 0.15) is 11.2 Å². The van der Waals surface area contributed by atoms with E-state index < -0.39 is 0 Å². The minimum Gasteiger partial charge on any atom is -0.284 e. The summed E-state index contributed by atoms with van der Waals surface area (Å²) < 4.78 is 3.64. The minimum absolute atomic E-state index is 0.193. The molecule has 4 heterocycles. The lowest BCUT2D eigenvalue weighted by molar-refractivity contribution is 1.05. The number of nitrogens with zero attached hydrogens (tertiary/aromatic N) is 6. The van der Waals surface area contributed by atoms with E-state index in [4.69, 9.17) is 19.9 Å². The van der Waals surface area contributed by atoms with Crippen LogP contribution in [-0.2, 0) is 0 Å². The fourth-order valence-electron chi connectivity index (χ4n) is 5.20. The second-order valence-electron chi connectivity index (χ2n) is 9.15. The van der Waals surface area contributed by atoms with Gasteiger partial charge in [0.05, 0.1) is 21.9 Å². The molecule has 8 aromatic rings. The molecule has 0 bridgehead atoms. The maximum Gasteiger partial charge on any atom is 0.267 e. The Kier molecular flexibility index (Phi) is 4.25. The van der Waals surface area contributed by atoms with Crippen LogP contribution in [0.5, 0.6) is 0 Å². The molecule has 0 atom stereocenters. The monoisotopic (exact) mass is 490 g/mol. The Labute approximate surface area is 215 Å².